The number of hydrogen-bond acceptors (Lipinski definition) is 5. The Balaban J connectivity index is 0.000000157. The molecule has 2 saturated carbocycles. The molecule has 4 aliphatic carbocycles. The zero-order valence-corrected chi connectivity index (χ0v) is 29.7. The Morgan fingerprint density at radius 1 is 0.766 bits per heavy atom. The third kappa shape index (κ3) is 6.87. The quantitative estimate of drug-likeness (QED) is 0.207. The standard InChI is InChI=1S/C20H29NO.C16H21NO.C2HF3O.BrH/c1-19(2,3)16-10-13-11-17-14-6-4-5-7-20(14,8-9-21-17)15(13)12-18(16)22;18-12-5-4-11-9-15-13-3-1-2-6-16(13,7-8-17-15)14(11)10-12;3-2(4,5)1-6;/h10,12,14,17,21-22H,4-9,11H2,1-3H3;4-5,10,13,15,17-18H,1-3,6-9H2;1H;1H/t14?,17-,20-;13?,15-,16-;;/m00../s1. The average Bonchev–Trinajstić information content (AvgIpc) is 3.01. The monoisotopic (exact) mass is 720 g/mol. The molecule has 47 heavy (non-hydrogen) atoms. The topological polar surface area (TPSA) is 81.6 Å². The van der Waals surface area contributed by atoms with Crippen LogP contribution in [-0.4, -0.2) is 47.8 Å². The highest BCUT2D eigenvalue weighted by molar-refractivity contribution is 8.93. The number of rotatable bonds is 0. The maximum atomic E-state index is 10.7. The summed E-state index contributed by atoms with van der Waals surface area (Å²) in [6.45, 7) is 8.87. The van der Waals surface area contributed by atoms with E-state index in [9.17, 15) is 23.4 Å². The normalized spacial score (nSPS) is 31.8. The number of halogens is 4. The summed E-state index contributed by atoms with van der Waals surface area (Å²) in [5.74, 6) is 2.54. The molecule has 2 unspecified atom stereocenters. The zero-order valence-electron chi connectivity index (χ0n) is 28.0. The van der Waals surface area contributed by atoms with Crippen LogP contribution in [0.3, 0.4) is 0 Å². The fourth-order valence-corrected chi connectivity index (χ4v) is 10.5. The zero-order chi connectivity index (χ0) is 32.9. The Morgan fingerprint density at radius 2 is 1.28 bits per heavy atom. The Hall–Kier alpha value is -2.10. The summed E-state index contributed by atoms with van der Waals surface area (Å²) < 4.78 is 31.2. The van der Waals surface area contributed by atoms with E-state index in [0.717, 1.165) is 43.3 Å². The summed E-state index contributed by atoms with van der Waals surface area (Å²) in [6, 6.07) is 11.9. The minimum Gasteiger partial charge on any atom is -0.508 e. The lowest BCUT2D eigenvalue weighted by Gasteiger charge is -2.56. The maximum absolute atomic E-state index is 10.7. The van der Waals surface area contributed by atoms with Gasteiger partial charge >= 0.3 is 6.18 Å². The smallest absolute Gasteiger partial charge is 0.446 e. The number of phenols is 2. The molecule has 2 aromatic rings. The highest BCUT2D eigenvalue weighted by Crippen LogP contribution is 2.56. The van der Waals surface area contributed by atoms with Gasteiger partial charge in [-0.05, 0) is 128 Å². The summed E-state index contributed by atoms with van der Waals surface area (Å²) in [5.41, 5.74) is 7.76. The number of carbonyl (C=O) groups excluding carboxylic acids is 1. The first-order valence-electron chi connectivity index (χ1n) is 17.5. The van der Waals surface area contributed by atoms with Gasteiger partial charge in [-0.3, -0.25) is 4.79 Å². The third-order valence-corrected chi connectivity index (χ3v) is 12.3. The van der Waals surface area contributed by atoms with E-state index in [2.05, 4.69) is 55.7 Å². The van der Waals surface area contributed by atoms with Crippen molar-refractivity contribution in [3.8, 4) is 11.5 Å². The summed E-state index contributed by atoms with van der Waals surface area (Å²) in [5, 5.41) is 28.1. The molecule has 6 aliphatic rings. The minimum absolute atomic E-state index is 0. The van der Waals surface area contributed by atoms with Crippen LogP contribution in [0, 0.1) is 11.8 Å². The maximum Gasteiger partial charge on any atom is 0.446 e. The first-order valence-corrected chi connectivity index (χ1v) is 17.5. The first kappa shape index (κ1) is 36.2. The van der Waals surface area contributed by atoms with Gasteiger partial charge in [0.2, 0.25) is 6.29 Å². The van der Waals surface area contributed by atoms with Gasteiger partial charge in [0.15, 0.2) is 0 Å². The Bertz CT molecular complexity index is 1430. The molecule has 0 aromatic heterocycles. The van der Waals surface area contributed by atoms with Crippen LogP contribution in [-0.2, 0) is 33.9 Å². The average molecular weight is 722 g/mol. The van der Waals surface area contributed by atoms with Gasteiger partial charge in [-0.25, -0.2) is 0 Å². The number of aldehydes is 1. The van der Waals surface area contributed by atoms with Crippen molar-refractivity contribution in [2.24, 2.45) is 11.8 Å². The lowest BCUT2D eigenvalue weighted by Crippen LogP contribution is -2.59. The van der Waals surface area contributed by atoms with Gasteiger partial charge in [0.1, 0.15) is 11.5 Å². The summed E-state index contributed by atoms with van der Waals surface area (Å²) >= 11 is 0. The van der Waals surface area contributed by atoms with Crippen LogP contribution in [0.4, 0.5) is 13.2 Å². The van der Waals surface area contributed by atoms with Crippen molar-refractivity contribution in [2.75, 3.05) is 13.1 Å². The van der Waals surface area contributed by atoms with Crippen LogP contribution < -0.4 is 10.6 Å². The first-order chi connectivity index (χ1) is 21.8. The number of nitrogens with one attached hydrogen (secondary N) is 2. The molecule has 2 aromatic carbocycles. The number of piperidine rings is 2. The van der Waals surface area contributed by atoms with Gasteiger partial charge in [-0.2, -0.15) is 13.2 Å². The molecular weight excluding hydrogens is 669 g/mol. The number of hydrogen-bond donors (Lipinski definition) is 4. The molecular formula is C38H52BrF3N2O3. The molecule has 9 heteroatoms. The van der Waals surface area contributed by atoms with Gasteiger partial charge in [0, 0.05) is 22.9 Å². The highest BCUT2D eigenvalue weighted by atomic mass is 79.9. The van der Waals surface area contributed by atoms with Crippen LogP contribution in [0.1, 0.15) is 113 Å². The van der Waals surface area contributed by atoms with Crippen molar-refractivity contribution < 1.29 is 28.2 Å². The number of aromatic hydroxyl groups is 2. The predicted octanol–water partition coefficient (Wildman–Crippen LogP) is 8.10. The molecule has 0 amide bonds. The molecule has 260 valence electrons. The molecule has 4 N–H and O–H groups in total. The summed E-state index contributed by atoms with van der Waals surface area (Å²) in [6.07, 6.45) is 9.95. The van der Waals surface area contributed by atoms with Crippen molar-refractivity contribution >= 4 is 23.3 Å². The lowest BCUT2D eigenvalue weighted by atomic mass is 9.52. The predicted molar refractivity (Wildman–Crippen MR) is 185 cm³/mol. The number of phenolic OH excluding ortho intramolecular Hbond substituents is 2. The van der Waals surface area contributed by atoms with Crippen molar-refractivity contribution in [1.82, 2.24) is 10.6 Å². The van der Waals surface area contributed by atoms with Crippen LogP contribution in [0.2, 0.25) is 0 Å². The van der Waals surface area contributed by atoms with E-state index in [1.807, 2.05) is 6.07 Å². The molecule has 8 rings (SSSR count). The molecule has 6 atom stereocenters. The van der Waals surface area contributed by atoms with Gasteiger partial charge in [-0.15, -0.1) is 17.0 Å². The van der Waals surface area contributed by atoms with Crippen molar-refractivity contribution in [3.05, 3.63) is 58.1 Å². The Kier molecular flexibility index (Phi) is 10.5. The Labute approximate surface area is 288 Å². The fourth-order valence-electron chi connectivity index (χ4n) is 10.5. The molecule has 2 aliphatic heterocycles. The van der Waals surface area contributed by atoms with E-state index in [4.69, 9.17) is 4.79 Å². The fraction of sp³-hybridized carbons (Fsp3) is 0.658. The molecule has 0 spiro atoms. The van der Waals surface area contributed by atoms with Crippen LogP contribution in [0.5, 0.6) is 11.5 Å². The molecule has 2 saturated heterocycles. The molecule has 0 radical (unpaired) electrons. The summed E-state index contributed by atoms with van der Waals surface area (Å²) in [4.78, 5) is 8.70. The van der Waals surface area contributed by atoms with Gasteiger partial charge in [0.25, 0.3) is 0 Å². The van der Waals surface area contributed by atoms with Gasteiger partial charge < -0.3 is 20.8 Å². The van der Waals surface area contributed by atoms with Crippen LogP contribution in [0.25, 0.3) is 0 Å². The molecule has 5 nitrogen and oxygen atoms in total. The van der Waals surface area contributed by atoms with E-state index in [1.165, 1.54) is 86.5 Å². The van der Waals surface area contributed by atoms with Crippen molar-refractivity contribution in [1.29, 1.82) is 0 Å². The highest BCUT2D eigenvalue weighted by Gasteiger charge is 2.53. The van der Waals surface area contributed by atoms with Crippen molar-refractivity contribution in [2.45, 2.75) is 132 Å². The third-order valence-electron chi connectivity index (χ3n) is 12.3. The van der Waals surface area contributed by atoms with Gasteiger partial charge in [0.05, 0.1) is 0 Å². The molecule has 2 heterocycles. The van der Waals surface area contributed by atoms with Crippen molar-refractivity contribution in [3.63, 3.8) is 0 Å². The SMILES string of the molecule is Br.CC(C)(C)c1cc2c(cc1O)[C@]13CCCCC1[C@H](C2)NCC3.O=CC(F)(F)F.Oc1ccc2c(c1)[C@]13CCCCC1[C@H](C2)NCC3. The van der Waals surface area contributed by atoms with Crippen LogP contribution in [0.15, 0.2) is 30.3 Å². The second-order valence-electron chi connectivity index (χ2n) is 15.8. The number of fused-ring (bicyclic) bond motifs is 2. The molecule has 4 fully saturated rings. The molecule has 4 bridgehead atoms. The summed E-state index contributed by atoms with van der Waals surface area (Å²) in [7, 11) is 0. The largest absolute Gasteiger partial charge is 0.508 e. The van der Waals surface area contributed by atoms with E-state index in [-0.39, 0.29) is 22.4 Å². The van der Waals surface area contributed by atoms with E-state index in [1.54, 1.807) is 0 Å². The lowest BCUT2D eigenvalue weighted by molar-refractivity contribution is -0.156. The second-order valence-corrected chi connectivity index (χ2v) is 15.8. The number of benzene rings is 2. The second kappa shape index (κ2) is 13.7. The van der Waals surface area contributed by atoms with E-state index < -0.39 is 12.5 Å². The minimum atomic E-state index is -4.64. The van der Waals surface area contributed by atoms with Crippen LogP contribution >= 0.6 is 17.0 Å². The van der Waals surface area contributed by atoms with E-state index >= 15 is 0 Å². The number of alkyl halides is 3. The Morgan fingerprint density at radius 3 is 1.79 bits per heavy atom. The van der Waals surface area contributed by atoms with E-state index in [0.29, 0.717) is 34.4 Å². The van der Waals surface area contributed by atoms with Gasteiger partial charge in [-0.1, -0.05) is 58.6 Å². The number of carbonyl (C=O) groups is 1.